The van der Waals surface area contributed by atoms with Gasteiger partial charge in [-0.2, -0.15) is 11.8 Å². The summed E-state index contributed by atoms with van der Waals surface area (Å²) in [7, 11) is -3.49. The van der Waals surface area contributed by atoms with Gasteiger partial charge in [0.2, 0.25) is 10.0 Å². The summed E-state index contributed by atoms with van der Waals surface area (Å²) in [5.74, 6) is 0. The summed E-state index contributed by atoms with van der Waals surface area (Å²) in [5, 5.41) is 3.85. The van der Waals surface area contributed by atoms with Crippen LogP contribution in [0.2, 0.25) is 5.02 Å². The average Bonchev–Trinajstić information content (AvgIpc) is 2.43. The van der Waals surface area contributed by atoms with Crippen molar-refractivity contribution in [1.82, 2.24) is 10.0 Å². The van der Waals surface area contributed by atoms with Gasteiger partial charge in [0, 0.05) is 23.4 Å². The number of hydrogen-bond donors (Lipinski definition) is 2. The largest absolute Gasteiger partial charge is 0.313 e. The molecule has 0 fully saturated rings. The van der Waals surface area contributed by atoms with Gasteiger partial charge >= 0.3 is 0 Å². The standard InChI is InChI=1S/C13H21ClN2O2S2/c1-4-15-9-11-5-6-12(7-13(11)14)20(17,18)16-8-10(2)19-3/h5-7,10,15-16H,4,8-9H2,1-3H3. The Morgan fingerprint density at radius 1 is 1.40 bits per heavy atom. The van der Waals surface area contributed by atoms with Gasteiger partial charge in [-0.1, -0.05) is 31.5 Å². The summed E-state index contributed by atoms with van der Waals surface area (Å²) in [6.07, 6.45) is 1.95. The molecular formula is C13H21ClN2O2S2. The second-order valence-corrected chi connectivity index (χ2v) is 7.88. The Morgan fingerprint density at radius 3 is 2.65 bits per heavy atom. The maximum atomic E-state index is 12.1. The van der Waals surface area contributed by atoms with Crippen LogP contribution < -0.4 is 10.0 Å². The van der Waals surface area contributed by atoms with Crippen molar-refractivity contribution in [3.63, 3.8) is 0 Å². The van der Waals surface area contributed by atoms with E-state index in [2.05, 4.69) is 10.0 Å². The Kier molecular flexibility index (Phi) is 7.33. The average molecular weight is 337 g/mol. The summed E-state index contributed by atoms with van der Waals surface area (Å²) in [6, 6.07) is 4.84. The van der Waals surface area contributed by atoms with Gasteiger partial charge in [-0.3, -0.25) is 0 Å². The Balaban J connectivity index is 2.83. The lowest BCUT2D eigenvalue weighted by Crippen LogP contribution is -2.29. The van der Waals surface area contributed by atoms with E-state index < -0.39 is 10.0 Å². The lowest BCUT2D eigenvalue weighted by atomic mass is 10.2. The Bertz CT molecular complexity index is 535. The fourth-order valence-corrected chi connectivity index (χ4v) is 3.32. The number of benzene rings is 1. The van der Waals surface area contributed by atoms with Crippen LogP contribution in [0.1, 0.15) is 19.4 Å². The summed E-state index contributed by atoms with van der Waals surface area (Å²) >= 11 is 7.74. The van der Waals surface area contributed by atoms with Gasteiger partial charge in [-0.05, 0) is 30.5 Å². The van der Waals surface area contributed by atoms with Crippen LogP contribution in [0.5, 0.6) is 0 Å². The van der Waals surface area contributed by atoms with Crippen LogP contribution in [0.4, 0.5) is 0 Å². The number of rotatable bonds is 8. The number of nitrogens with one attached hydrogen (secondary N) is 2. The quantitative estimate of drug-likeness (QED) is 0.765. The third-order valence-electron chi connectivity index (χ3n) is 2.86. The van der Waals surface area contributed by atoms with Crippen LogP contribution in [0.25, 0.3) is 0 Å². The van der Waals surface area contributed by atoms with Crippen LogP contribution in [-0.4, -0.2) is 33.0 Å². The van der Waals surface area contributed by atoms with Crippen LogP contribution in [0.3, 0.4) is 0 Å². The van der Waals surface area contributed by atoms with E-state index >= 15 is 0 Å². The van der Waals surface area contributed by atoms with Crippen LogP contribution in [-0.2, 0) is 16.6 Å². The van der Waals surface area contributed by atoms with E-state index in [1.54, 1.807) is 23.9 Å². The van der Waals surface area contributed by atoms with Gasteiger partial charge in [0.15, 0.2) is 0 Å². The minimum Gasteiger partial charge on any atom is -0.313 e. The predicted molar refractivity (Wildman–Crippen MR) is 87.0 cm³/mol. The van der Waals surface area contributed by atoms with E-state index in [0.717, 1.165) is 12.1 Å². The molecule has 1 rings (SSSR count). The molecule has 0 aliphatic carbocycles. The highest BCUT2D eigenvalue weighted by molar-refractivity contribution is 7.99. The Morgan fingerprint density at radius 2 is 2.10 bits per heavy atom. The molecule has 0 aliphatic heterocycles. The molecule has 0 amide bonds. The molecule has 1 unspecified atom stereocenters. The van der Waals surface area contributed by atoms with Gasteiger partial charge in [-0.25, -0.2) is 13.1 Å². The third kappa shape index (κ3) is 5.26. The molecule has 7 heteroatoms. The normalized spacial score (nSPS) is 13.4. The van der Waals surface area contributed by atoms with Crippen molar-refractivity contribution in [2.75, 3.05) is 19.3 Å². The number of thioether (sulfide) groups is 1. The molecule has 0 aromatic heterocycles. The first-order chi connectivity index (χ1) is 9.40. The lowest BCUT2D eigenvalue weighted by Gasteiger charge is -2.12. The SMILES string of the molecule is CCNCc1ccc(S(=O)(=O)NCC(C)SC)cc1Cl. The van der Waals surface area contributed by atoms with Gasteiger partial charge in [0.05, 0.1) is 4.90 Å². The van der Waals surface area contributed by atoms with Crippen molar-refractivity contribution in [3.8, 4) is 0 Å². The van der Waals surface area contributed by atoms with Crippen molar-refractivity contribution >= 4 is 33.4 Å². The van der Waals surface area contributed by atoms with Crippen LogP contribution in [0, 0.1) is 0 Å². The summed E-state index contributed by atoms with van der Waals surface area (Å²) in [4.78, 5) is 0.205. The second kappa shape index (κ2) is 8.24. The zero-order chi connectivity index (χ0) is 15.2. The fraction of sp³-hybridized carbons (Fsp3) is 0.538. The molecule has 20 heavy (non-hydrogen) atoms. The van der Waals surface area contributed by atoms with Crippen molar-refractivity contribution in [2.45, 2.75) is 30.5 Å². The first-order valence-corrected chi connectivity index (χ1v) is 9.57. The number of sulfonamides is 1. The van der Waals surface area contributed by atoms with Crippen molar-refractivity contribution in [1.29, 1.82) is 0 Å². The van der Waals surface area contributed by atoms with E-state index in [4.69, 9.17) is 11.6 Å². The van der Waals surface area contributed by atoms with Gasteiger partial charge in [0.1, 0.15) is 0 Å². The van der Waals surface area contributed by atoms with Crippen molar-refractivity contribution < 1.29 is 8.42 Å². The molecule has 1 aromatic carbocycles. The second-order valence-electron chi connectivity index (χ2n) is 4.43. The molecule has 2 N–H and O–H groups in total. The molecule has 0 saturated heterocycles. The molecule has 0 radical (unpaired) electrons. The highest BCUT2D eigenvalue weighted by Gasteiger charge is 2.16. The Hall–Kier alpha value is -0.270. The van der Waals surface area contributed by atoms with Crippen LogP contribution in [0.15, 0.2) is 23.1 Å². The summed E-state index contributed by atoms with van der Waals surface area (Å²) in [6.45, 7) is 5.85. The van der Waals surface area contributed by atoms with E-state index in [-0.39, 0.29) is 10.1 Å². The maximum absolute atomic E-state index is 12.1. The van der Waals surface area contributed by atoms with Crippen LogP contribution >= 0.6 is 23.4 Å². The fourth-order valence-electron chi connectivity index (χ4n) is 1.49. The summed E-state index contributed by atoms with van der Waals surface area (Å²) in [5.41, 5.74) is 0.893. The van der Waals surface area contributed by atoms with E-state index in [9.17, 15) is 8.42 Å². The molecule has 0 bridgehead atoms. The minimum atomic E-state index is -3.49. The number of halogens is 1. The third-order valence-corrected chi connectivity index (χ3v) is 5.61. The first-order valence-electron chi connectivity index (χ1n) is 6.42. The molecule has 114 valence electrons. The topological polar surface area (TPSA) is 58.2 Å². The minimum absolute atomic E-state index is 0.205. The molecular weight excluding hydrogens is 316 g/mol. The Labute approximate surface area is 130 Å². The molecule has 0 heterocycles. The number of hydrogen-bond acceptors (Lipinski definition) is 4. The molecule has 4 nitrogen and oxygen atoms in total. The molecule has 0 spiro atoms. The van der Waals surface area contributed by atoms with Gasteiger partial charge < -0.3 is 5.32 Å². The van der Waals surface area contributed by atoms with E-state index in [1.807, 2.05) is 20.1 Å². The smallest absolute Gasteiger partial charge is 0.240 e. The van der Waals surface area contributed by atoms with Gasteiger partial charge in [-0.15, -0.1) is 0 Å². The monoisotopic (exact) mass is 336 g/mol. The lowest BCUT2D eigenvalue weighted by molar-refractivity contribution is 0.581. The first kappa shape index (κ1) is 17.8. The molecule has 0 saturated carbocycles. The highest BCUT2D eigenvalue weighted by atomic mass is 35.5. The maximum Gasteiger partial charge on any atom is 0.240 e. The summed E-state index contributed by atoms with van der Waals surface area (Å²) < 4.78 is 26.9. The van der Waals surface area contributed by atoms with Crippen molar-refractivity contribution in [2.24, 2.45) is 0 Å². The predicted octanol–water partition coefficient (Wildman–Crippen LogP) is 2.48. The zero-order valence-electron chi connectivity index (χ0n) is 11.9. The van der Waals surface area contributed by atoms with E-state index in [1.165, 1.54) is 6.07 Å². The highest BCUT2D eigenvalue weighted by Crippen LogP contribution is 2.21. The van der Waals surface area contributed by atoms with Crippen molar-refractivity contribution in [3.05, 3.63) is 28.8 Å². The zero-order valence-corrected chi connectivity index (χ0v) is 14.3. The molecule has 0 aliphatic rings. The molecule has 1 atom stereocenters. The van der Waals surface area contributed by atoms with Gasteiger partial charge in [0.25, 0.3) is 0 Å². The molecule has 1 aromatic rings. The van der Waals surface area contributed by atoms with E-state index in [0.29, 0.717) is 18.1 Å².